The van der Waals surface area contributed by atoms with Gasteiger partial charge in [0, 0.05) is 18.3 Å². The van der Waals surface area contributed by atoms with Gasteiger partial charge < -0.3 is 0 Å². The second-order valence-electron chi connectivity index (χ2n) is 3.98. The van der Waals surface area contributed by atoms with Crippen LogP contribution >= 0.6 is 0 Å². The molecule has 0 aliphatic carbocycles. The molecule has 1 aliphatic heterocycles. The van der Waals surface area contributed by atoms with E-state index in [4.69, 9.17) is 0 Å². The lowest BCUT2D eigenvalue weighted by molar-refractivity contribution is -0.107. The van der Waals surface area contributed by atoms with Crippen molar-refractivity contribution in [3.8, 4) is 11.4 Å². The number of hydrogen-bond acceptors (Lipinski definition) is 3. The second kappa shape index (κ2) is 4.41. The summed E-state index contributed by atoms with van der Waals surface area (Å²) in [5.74, 6) is 0.690. The van der Waals surface area contributed by atoms with Crippen molar-refractivity contribution in [1.82, 2.24) is 9.97 Å². The monoisotopic (exact) mass is 237 g/mol. The molecule has 0 radical (unpaired) electrons. The molecule has 0 saturated carbocycles. The van der Waals surface area contributed by atoms with Crippen molar-refractivity contribution in [1.29, 1.82) is 0 Å². The van der Waals surface area contributed by atoms with Gasteiger partial charge in [0.05, 0.1) is 11.4 Å². The highest BCUT2D eigenvalue weighted by Crippen LogP contribution is 2.26. The van der Waals surface area contributed by atoms with Crippen molar-refractivity contribution in [2.24, 2.45) is 0 Å². The van der Waals surface area contributed by atoms with Gasteiger partial charge in [0.2, 0.25) is 6.41 Å². The van der Waals surface area contributed by atoms with Crippen LogP contribution in [0, 0.1) is 0 Å². The van der Waals surface area contributed by atoms with E-state index in [9.17, 15) is 4.79 Å². The van der Waals surface area contributed by atoms with Crippen molar-refractivity contribution in [3.63, 3.8) is 0 Å². The number of anilines is 1. The van der Waals surface area contributed by atoms with Crippen LogP contribution in [0.5, 0.6) is 0 Å². The van der Waals surface area contributed by atoms with Gasteiger partial charge in [0.15, 0.2) is 0 Å². The lowest BCUT2D eigenvalue weighted by atomic mass is 10.1. The first-order chi connectivity index (χ1) is 8.88. The molecular weight excluding hydrogens is 226 g/mol. The number of carbonyl (C=O) groups excluding carboxylic acids is 1. The Bertz CT molecular complexity index is 608. The Hall–Kier alpha value is -2.49. The van der Waals surface area contributed by atoms with Crippen molar-refractivity contribution < 1.29 is 4.79 Å². The zero-order valence-corrected chi connectivity index (χ0v) is 9.65. The first-order valence-electron chi connectivity index (χ1n) is 5.69. The largest absolute Gasteiger partial charge is 0.295 e. The van der Waals surface area contributed by atoms with E-state index in [1.54, 1.807) is 11.1 Å². The number of pyridine rings is 2. The molecule has 0 spiro atoms. The Morgan fingerprint density at radius 3 is 2.89 bits per heavy atom. The molecule has 0 atom stereocenters. The summed E-state index contributed by atoms with van der Waals surface area (Å²) in [5.41, 5.74) is 2.53. The number of amides is 1. The average Bonchev–Trinajstić information content (AvgIpc) is 2.47. The van der Waals surface area contributed by atoms with Crippen LogP contribution in [0.1, 0.15) is 5.56 Å². The maximum Gasteiger partial charge on any atom is 0.215 e. The highest BCUT2D eigenvalue weighted by atomic mass is 16.1. The third-order valence-electron chi connectivity index (χ3n) is 2.83. The van der Waals surface area contributed by atoms with Gasteiger partial charge in [-0.1, -0.05) is 18.2 Å². The second-order valence-corrected chi connectivity index (χ2v) is 3.98. The Labute approximate surface area is 105 Å². The van der Waals surface area contributed by atoms with Crippen LogP contribution in [0.4, 0.5) is 5.82 Å². The summed E-state index contributed by atoms with van der Waals surface area (Å²) in [6, 6.07) is 9.56. The van der Waals surface area contributed by atoms with Crippen molar-refractivity contribution >= 4 is 18.3 Å². The van der Waals surface area contributed by atoms with E-state index in [1.165, 1.54) is 0 Å². The highest BCUT2D eigenvalue weighted by molar-refractivity contribution is 5.83. The summed E-state index contributed by atoms with van der Waals surface area (Å²) >= 11 is 0. The number of carbonyl (C=O) groups is 1. The van der Waals surface area contributed by atoms with Crippen LogP contribution in [0.3, 0.4) is 0 Å². The molecule has 4 heteroatoms. The number of aromatic nitrogens is 2. The van der Waals surface area contributed by atoms with Crippen molar-refractivity contribution in [3.05, 3.63) is 48.2 Å². The topological polar surface area (TPSA) is 46.1 Å². The molecule has 3 heterocycles. The third-order valence-corrected chi connectivity index (χ3v) is 2.83. The minimum absolute atomic E-state index is 0.565. The zero-order valence-electron chi connectivity index (χ0n) is 9.65. The van der Waals surface area contributed by atoms with E-state index in [0.29, 0.717) is 12.4 Å². The van der Waals surface area contributed by atoms with E-state index in [-0.39, 0.29) is 0 Å². The minimum Gasteiger partial charge on any atom is -0.295 e. The fourth-order valence-electron chi connectivity index (χ4n) is 1.95. The number of hydrogen-bond donors (Lipinski definition) is 0. The van der Waals surface area contributed by atoms with Crippen molar-refractivity contribution in [2.45, 2.75) is 0 Å². The molecule has 0 fully saturated rings. The summed E-state index contributed by atoms with van der Waals surface area (Å²) in [7, 11) is 0. The third kappa shape index (κ3) is 1.78. The molecular formula is C14H11N3O. The van der Waals surface area contributed by atoms with Crippen LogP contribution in [0.15, 0.2) is 42.6 Å². The van der Waals surface area contributed by atoms with Crippen LogP contribution in [0.25, 0.3) is 17.5 Å². The van der Waals surface area contributed by atoms with Gasteiger partial charge in [-0.25, -0.2) is 4.98 Å². The van der Waals surface area contributed by atoms with Crippen LogP contribution < -0.4 is 4.90 Å². The van der Waals surface area contributed by atoms with E-state index in [0.717, 1.165) is 23.4 Å². The molecule has 18 heavy (non-hydrogen) atoms. The molecule has 0 aromatic carbocycles. The molecule has 88 valence electrons. The molecule has 0 N–H and O–H groups in total. The van der Waals surface area contributed by atoms with E-state index < -0.39 is 0 Å². The van der Waals surface area contributed by atoms with E-state index in [2.05, 4.69) is 9.97 Å². The van der Waals surface area contributed by atoms with Gasteiger partial charge in [0.25, 0.3) is 0 Å². The normalized spacial score (nSPS) is 13.2. The van der Waals surface area contributed by atoms with Gasteiger partial charge >= 0.3 is 0 Å². The summed E-state index contributed by atoms with van der Waals surface area (Å²) in [6.07, 6.45) is 6.45. The average molecular weight is 237 g/mol. The van der Waals surface area contributed by atoms with Gasteiger partial charge in [-0.2, -0.15) is 0 Å². The number of rotatable bonds is 2. The SMILES string of the molecule is O=CN1CC=Cc2ccc(-c3ccccn3)nc21. The standard InChI is InChI=1S/C14H11N3O/c18-10-17-9-3-4-11-6-7-13(16-14(11)17)12-5-1-2-8-15-12/h1-8,10H,9H2. The van der Waals surface area contributed by atoms with E-state index in [1.807, 2.05) is 42.5 Å². The molecule has 4 nitrogen and oxygen atoms in total. The lowest BCUT2D eigenvalue weighted by Gasteiger charge is -2.21. The maximum absolute atomic E-state index is 11.0. The number of nitrogens with zero attached hydrogens (tertiary/aromatic N) is 3. The number of fused-ring (bicyclic) bond motifs is 1. The molecule has 0 saturated heterocycles. The summed E-state index contributed by atoms with van der Waals surface area (Å²) < 4.78 is 0. The predicted molar refractivity (Wildman–Crippen MR) is 69.9 cm³/mol. The van der Waals surface area contributed by atoms with Gasteiger partial charge in [-0.05, 0) is 24.3 Å². The maximum atomic E-state index is 11.0. The van der Waals surface area contributed by atoms with Gasteiger partial charge in [-0.3, -0.25) is 14.7 Å². The van der Waals surface area contributed by atoms with Gasteiger partial charge in [0.1, 0.15) is 5.82 Å². The Kier molecular flexibility index (Phi) is 2.61. The van der Waals surface area contributed by atoms with Crippen molar-refractivity contribution in [2.75, 3.05) is 11.4 Å². The summed E-state index contributed by atoms with van der Waals surface area (Å²) in [5, 5.41) is 0. The predicted octanol–water partition coefficient (Wildman–Crippen LogP) is 2.13. The van der Waals surface area contributed by atoms with Crippen LogP contribution in [-0.4, -0.2) is 22.9 Å². The molecule has 0 unspecified atom stereocenters. The molecule has 0 bridgehead atoms. The first-order valence-corrected chi connectivity index (χ1v) is 5.69. The molecule has 1 amide bonds. The zero-order chi connectivity index (χ0) is 12.4. The molecule has 2 aromatic rings. The van der Waals surface area contributed by atoms with E-state index >= 15 is 0 Å². The Balaban J connectivity index is 2.10. The quantitative estimate of drug-likeness (QED) is 0.752. The lowest BCUT2D eigenvalue weighted by Crippen LogP contribution is -2.25. The Morgan fingerprint density at radius 1 is 1.17 bits per heavy atom. The highest BCUT2D eigenvalue weighted by Gasteiger charge is 2.15. The molecule has 2 aromatic heterocycles. The van der Waals surface area contributed by atoms with Crippen LogP contribution in [-0.2, 0) is 4.79 Å². The summed E-state index contributed by atoms with van der Waals surface area (Å²) in [6.45, 7) is 0.565. The fourth-order valence-corrected chi connectivity index (χ4v) is 1.95. The minimum atomic E-state index is 0.565. The smallest absolute Gasteiger partial charge is 0.215 e. The fraction of sp³-hybridized carbons (Fsp3) is 0.0714. The Morgan fingerprint density at radius 2 is 2.11 bits per heavy atom. The molecule has 3 rings (SSSR count). The van der Waals surface area contributed by atoms with Crippen LogP contribution in [0.2, 0.25) is 0 Å². The summed E-state index contributed by atoms with van der Waals surface area (Å²) in [4.78, 5) is 21.4. The van der Waals surface area contributed by atoms with Gasteiger partial charge in [-0.15, -0.1) is 0 Å². The first kappa shape index (κ1) is 10.7. The molecule has 1 aliphatic rings.